The van der Waals surface area contributed by atoms with Crippen molar-refractivity contribution in [3.8, 4) is 0 Å². The fourth-order valence-corrected chi connectivity index (χ4v) is 2.01. The first kappa shape index (κ1) is 15.6. The van der Waals surface area contributed by atoms with E-state index in [0.29, 0.717) is 5.56 Å². The number of hydrogen-bond donors (Lipinski definition) is 0. The molecule has 19 heavy (non-hydrogen) atoms. The smallest absolute Gasteiger partial charge is 0.161 e. The summed E-state index contributed by atoms with van der Waals surface area (Å²) < 4.78 is 13.3. The van der Waals surface area contributed by atoms with Crippen LogP contribution in [0.2, 0.25) is 0 Å². The van der Waals surface area contributed by atoms with Crippen LogP contribution in [0.4, 0.5) is 10.1 Å². The molecule has 0 saturated heterocycles. The zero-order valence-corrected chi connectivity index (χ0v) is 12.2. The quantitative estimate of drug-likeness (QED) is 0.709. The largest absolute Gasteiger partial charge is 0.370 e. The number of likely N-dealkylation sites (N-methyl/N-ethyl adjacent to an activating group) is 1. The van der Waals surface area contributed by atoms with Crippen molar-refractivity contribution in [1.29, 1.82) is 0 Å². The Hall–Kier alpha value is -1.42. The number of anilines is 1. The highest BCUT2D eigenvalue weighted by atomic mass is 19.1. The van der Waals surface area contributed by atoms with Crippen LogP contribution in [0.3, 0.4) is 0 Å². The summed E-state index contributed by atoms with van der Waals surface area (Å²) in [6, 6.07) is 4.45. The van der Waals surface area contributed by atoms with Crippen molar-refractivity contribution in [2.75, 3.05) is 38.6 Å². The number of hydrogen-bond acceptors (Lipinski definition) is 3. The van der Waals surface area contributed by atoms with Crippen LogP contribution in [-0.2, 0) is 0 Å². The maximum atomic E-state index is 13.3. The third kappa shape index (κ3) is 4.63. The molecule has 1 rings (SSSR count). The number of Topliss-reactive ketones (excluding diaryl/α,β-unsaturated/α-hetero) is 1. The summed E-state index contributed by atoms with van der Waals surface area (Å²) in [5.74, 6) is -0.460. The van der Waals surface area contributed by atoms with Crippen molar-refractivity contribution in [2.45, 2.75) is 20.3 Å². The molecule has 0 aliphatic carbocycles. The van der Waals surface area contributed by atoms with Crippen LogP contribution >= 0.6 is 0 Å². The van der Waals surface area contributed by atoms with E-state index < -0.39 is 0 Å². The van der Waals surface area contributed by atoms with E-state index in [-0.39, 0.29) is 11.6 Å². The SMILES string of the molecule is CCCN(CCN(C)C)c1ccc(F)cc1C(C)=O. The second-order valence-corrected chi connectivity index (χ2v) is 5.01. The second kappa shape index (κ2) is 7.24. The molecule has 3 nitrogen and oxygen atoms in total. The number of carbonyl (C=O) groups excluding carboxylic acids is 1. The molecule has 0 atom stereocenters. The van der Waals surface area contributed by atoms with Gasteiger partial charge in [-0.2, -0.15) is 0 Å². The molecule has 0 N–H and O–H groups in total. The van der Waals surface area contributed by atoms with Gasteiger partial charge in [0.05, 0.1) is 0 Å². The van der Waals surface area contributed by atoms with Crippen LogP contribution in [0.15, 0.2) is 18.2 Å². The Labute approximate surface area is 115 Å². The summed E-state index contributed by atoms with van der Waals surface area (Å²) in [7, 11) is 4.03. The average molecular weight is 266 g/mol. The van der Waals surface area contributed by atoms with Crippen molar-refractivity contribution in [3.05, 3.63) is 29.6 Å². The maximum Gasteiger partial charge on any atom is 0.161 e. The van der Waals surface area contributed by atoms with Gasteiger partial charge < -0.3 is 9.80 Å². The monoisotopic (exact) mass is 266 g/mol. The molecule has 0 saturated carbocycles. The minimum atomic E-state index is -0.363. The standard InChI is InChI=1S/C15H23FN2O/c1-5-8-18(10-9-17(3)4)15-7-6-13(16)11-14(15)12(2)19/h6-7,11H,5,8-10H2,1-4H3. The van der Waals surface area contributed by atoms with Gasteiger partial charge >= 0.3 is 0 Å². The van der Waals surface area contributed by atoms with Crippen LogP contribution in [0.5, 0.6) is 0 Å². The molecule has 0 heterocycles. The Bertz CT molecular complexity index is 432. The predicted molar refractivity (Wildman–Crippen MR) is 77.5 cm³/mol. The summed E-state index contributed by atoms with van der Waals surface area (Å²) in [4.78, 5) is 15.9. The fraction of sp³-hybridized carbons (Fsp3) is 0.533. The molecule has 0 radical (unpaired) electrons. The van der Waals surface area contributed by atoms with E-state index in [9.17, 15) is 9.18 Å². The molecule has 0 aromatic heterocycles. The predicted octanol–water partition coefficient (Wildman–Crippen LogP) is 2.81. The van der Waals surface area contributed by atoms with E-state index in [1.165, 1.54) is 19.1 Å². The minimum Gasteiger partial charge on any atom is -0.370 e. The third-order valence-corrected chi connectivity index (χ3v) is 2.99. The zero-order valence-electron chi connectivity index (χ0n) is 12.2. The summed E-state index contributed by atoms with van der Waals surface area (Å²) in [6.45, 7) is 6.16. The van der Waals surface area contributed by atoms with Crippen LogP contribution in [0.1, 0.15) is 30.6 Å². The van der Waals surface area contributed by atoms with Crippen molar-refractivity contribution in [3.63, 3.8) is 0 Å². The van der Waals surface area contributed by atoms with Crippen molar-refractivity contribution >= 4 is 11.5 Å². The van der Waals surface area contributed by atoms with Crippen molar-refractivity contribution in [2.24, 2.45) is 0 Å². The number of halogens is 1. The third-order valence-electron chi connectivity index (χ3n) is 2.99. The summed E-state index contributed by atoms with van der Waals surface area (Å²) >= 11 is 0. The lowest BCUT2D eigenvalue weighted by Gasteiger charge is -2.27. The van der Waals surface area contributed by atoms with Gasteiger partial charge in [-0.1, -0.05) is 6.92 Å². The van der Waals surface area contributed by atoms with E-state index >= 15 is 0 Å². The van der Waals surface area contributed by atoms with E-state index in [1.54, 1.807) is 6.07 Å². The molecule has 0 amide bonds. The summed E-state index contributed by atoms with van der Waals surface area (Å²) in [5, 5.41) is 0. The number of ketones is 1. The second-order valence-electron chi connectivity index (χ2n) is 5.01. The Morgan fingerprint density at radius 2 is 1.89 bits per heavy atom. The molecule has 0 spiro atoms. The first-order valence-corrected chi connectivity index (χ1v) is 6.65. The minimum absolute atomic E-state index is 0.0968. The fourth-order valence-electron chi connectivity index (χ4n) is 2.01. The molecule has 1 aromatic carbocycles. The lowest BCUT2D eigenvalue weighted by atomic mass is 10.1. The molecule has 0 aliphatic heterocycles. The molecule has 4 heteroatoms. The molecule has 106 valence electrons. The van der Waals surface area contributed by atoms with Gasteiger partial charge in [0, 0.05) is 30.9 Å². The van der Waals surface area contributed by atoms with Crippen LogP contribution < -0.4 is 4.90 Å². The highest BCUT2D eigenvalue weighted by Gasteiger charge is 2.14. The first-order valence-electron chi connectivity index (χ1n) is 6.65. The van der Waals surface area contributed by atoms with E-state index in [1.807, 2.05) is 14.1 Å². The van der Waals surface area contributed by atoms with Gasteiger partial charge in [0.2, 0.25) is 0 Å². The van der Waals surface area contributed by atoms with E-state index in [2.05, 4.69) is 16.7 Å². The highest BCUT2D eigenvalue weighted by Crippen LogP contribution is 2.22. The molecule has 0 bridgehead atoms. The van der Waals surface area contributed by atoms with Gasteiger partial charge in [0.15, 0.2) is 5.78 Å². The molecule has 0 fully saturated rings. The van der Waals surface area contributed by atoms with Gasteiger partial charge in [0.25, 0.3) is 0 Å². The Morgan fingerprint density at radius 3 is 2.42 bits per heavy atom. The molecular formula is C15H23FN2O. The Morgan fingerprint density at radius 1 is 1.21 bits per heavy atom. The molecular weight excluding hydrogens is 243 g/mol. The highest BCUT2D eigenvalue weighted by molar-refractivity contribution is 5.99. The number of nitrogens with zero attached hydrogens (tertiary/aromatic N) is 2. The van der Waals surface area contributed by atoms with Crippen LogP contribution in [0.25, 0.3) is 0 Å². The van der Waals surface area contributed by atoms with Crippen LogP contribution in [0, 0.1) is 5.82 Å². The topological polar surface area (TPSA) is 23.6 Å². The Kier molecular flexibility index (Phi) is 5.96. The van der Waals surface area contributed by atoms with Gasteiger partial charge in [-0.05, 0) is 45.6 Å². The van der Waals surface area contributed by atoms with Gasteiger partial charge in [-0.3, -0.25) is 4.79 Å². The Balaban J connectivity index is 3.03. The maximum absolute atomic E-state index is 13.3. The van der Waals surface area contributed by atoms with E-state index in [0.717, 1.165) is 31.7 Å². The molecule has 1 aromatic rings. The summed E-state index contributed by atoms with van der Waals surface area (Å²) in [5.41, 5.74) is 1.30. The number of benzene rings is 1. The average Bonchev–Trinajstić information content (AvgIpc) is 2.34. The normalized spacial score (nSPS) is 10.8. The summed E-state index contributed by atoms with van der Waals surface area (Å²) in [6.07, 6.45) is 0.988. The van der Waals surface area contributed by atoms with Gasteiger partial charge in [-0.25, -0.2) is 4.39 Å². The van der Waals surface area contributed by atoms with Crippen LogP contribution in [-0.4, -0.2) is 44.4 Å². The molecule has 0 unspecified atom stereocenters. The van der Waals surface area contributed by atoms with Crippen molar-refractivity contribution < 1.29 is 9.18 Å². The van der Waals surface area contributed by atoms with Crippen molar-refractivity contribution in [1.82, 2.24) is 4.90 Å². The number of carbonyl (C=O) groups is 1. The lowest BCUT2D eigenvalue weighted by molar-refractivity contribution is 0.101. The lowest BCUT2D eigenvalue weighted by Crippen LogP contribution is -2.33. The van der Waals surface area contributed by atoms with Gasteiger partial charge in [-0.15, -0.1) is 0 Å². The first-order chi connectivity index (χ1) is 8.95. The zero-order chi connectivity index (χ0) is 14.4. The van der Waals surface area contributed by atoms with E-state index in [4.69, 9.17) is 0 Å². The van der Waals surface area contributed by atoms with Gasteiger partial charge in [0.1, 0.15) is 5.82 Å². The molecule has 0 aliphatic rings. The number of rotatable bonds is 7.